The van der Waals surface area contributed by atoms with E-state index < -0.39 is 0 Å². The van der Waals surface area contributed by atoms with Gasteiger partial charge in [-0.1, -0.05) is 0 Å². The molecular weight excluding hydrogens is 242 g/mol. The van der Waals surface area contributed by atoms with Crippen molar-refractivity contribution in [3.63, 3.8) is 0 Å². The van der Waals surface area contributed by atoms with Gasteiger partial charge in [-0.3, -0.25) is 4.98 Å². The molecule has 0 radical (unpaired) electrons. The topological polar surface area (TPSA) is 37.8 Å². The normalized spacial score (nSPS) is 19.9. The number of hydrogen-bond acceptors (Lipinski definition) is 4. The van der Waals surface area contributed by atoms with Gasteiger partial charge in [-0.05, 0) is 56.0 Å². The summed E-state index contributed by atoms with van der Waals surface area (Å²) in [6.07, 6.45) is 7.52. The standard InChI is InChI=1S/C14H17N3S/c1-2-12(10-15-4-1)8-11-3-5-16-13(9-11)14-17-6-7-18-14/h3,5-7,9,12,15H,1-2,4,8,10H2/t12-/m0/s1. The number of piperidine rings is 1. The van der Waals surface area contributed by atoms with E-state index in [0.29, 0.717) is 0 Å². The lowest BCUT2D eigenvalue weighted by Crippen LogP contribution is -2.30. The van der Waals surface area contributed by atoms with E-state index >= 15 is 0 Å². The Morgan fingerprint density at radius 1 is 1.33 bits per heavy atom. The Labute approximate surface area is 111 Å². The second kappa shape index (κ2) is 5.59. The maximum Gasteiger partial charge on any atom is 0.141 e. The summed E-state index contributed by atoms with van der Waals surface area (Å²) in [5, 5.41) is 6.48. The number of rotatable bonds is 3. The molecule has 1 aliphatic heterocycles. The average Bonchev–Trinajstić information content (AvgIpc) is 2.94. The second-order valence-electron chi connectivity index (χ2n) is 4.80. The van der Waals surface area contributed by atoms with Crippen molar-refractivity contribution < 1.29 is 0 Å². The van der Waals surface area contributed by atoms with E-state index in [1.807, 2.05) is 17.8 Å². The van der Waals surface area contributed by atoms with Gasteiger partial charge in [-0.15, -0.1) is 11.3 Å². The van der Waals surface area contributed by atoms with Crippen LogP contribution in [0.15, 0.2) is 29.9 Å². The fourth-order valence-corrected chi connectivity index (χ4v) is 3.10. The molecule has 4 heteroatoms. The summed E-state index contributed by atoms with van der Waals surface area (Å²) in [6, 6.07) is 4.32. The van der Waals surface area contributed by atoms with Gasteiger partial charge in [0.25, 0.3) is 0 Å². The Bertz CT molecular complexity index is 490. The van der Waals surface area contributed by atoms with Gasteiger partial charge < -0.3 is 5.32 Å². The lowest BCUT2D eigenvalue weighted by Gasteiger charge is -2.22. The Morgan fingerprint density at radius 3 is 3.11 bits per heavy atom. The minimum Gasteiger partial charge on any atom is -0.316 e. The summed E-state index contributed by atoms with van der Waals surface area (Å²) in [7, 11) is 0. The molecule has 2 aromatic heterocycles. The minimum absolute atomic E-state index is 0.769. The Balaban J connectivity index is 1.74. The molecule has 1 N–H and O–H groups in total. The summed E-state index contributed by atoms with van der Waals surface area (Å²) in [5.74, 6) is 0.769. The number of nitrogens with zero attached hydrogens (tertiary/aromatic N) is 2. The zero-order chi connectivity index (χ0) is 12.2. The lowest BCUT2D eigenvalue weighted by molar-refractivity contribution is 0.376. The molecule has 0 saturated carbocycles. The molecule has 1 saturated heterocycles. The quantitative estimate of drug-likeness (QED) is 0.921. The first kappa shape index (κ1) is 11.8. The number of nitrogens with one attached hydrogen (secondary N) is 1. The molecular formula is C14H17N3S. The summed E-state index contributed by atoms with van der Waals surface area (Å²) < 4.78 is 0. The van der Waals surface area contributed by atoms with Crippen molar-refractivity contribution >= 4 is 11.3 Å². The average molecular weight is 259 g/mol. The molecule has 3 rings (SSSR count). The molecule has 0 amide bonds. The Kier molecular flexibility index (Phi) is 3.67. The van der Waals surface area contributed by atoms with Gasteiger partial charge in [0.05, 0.1) is 5.69 Å². The zero-order valence-electron chi connectivity index (χ0n) is 10.3. The molecule has 0 bridgehead atoms. The van der Waals surface area contributed by atoms with Crippen molar-refractivity contribution in [1.82, 2.24) is 15.3 Å². The Morgan fingerprint density at radius 2 is 2.33 bits per heavy atom. The van der Waals surface area contributed by atoms with Gasteiger partial charge in [-0.25, -0.2) is 4.98 Å². The third-order valence-corrected chi connectivity index (χ3v) is 4.19. The van der Waals surface area contributed by atoms with Gasteiger partial charge >= 0.3 is 0 Å². The van der Waals surface area contributed by atoms with E-state index in [1.54, 1.807) is 11.3 Å². The van der Waals surface area contributed by atoms with Gasteiger partial charge in [0, 0.05) is 17.8 Å². The minimum atomic E-state index is 0.769. The smallest absolute Gasteiger partial charge is 0.141 e. The first-order chi connectivity index (χ1) is 8.92. The summed E-state index contributed by atoms with van der Waals surface area (Å²) in [4.78, 5) is 8.73. The van der Waals surface area contributed by atoms with Crippen molar-refractivity contribution in [2.75, 3.05) is 13.1 Å². The molecule has 3 nitrogen and oxygen atoms in total. The van der Waals surface area contributed by atoms with Crippen molar-refractivity contribution in [1.29, 1.82) is 0 Å². The van der Waals surface area contributed by atoms with E-state index in [2.05, 4.69) is 27.4 Å². The molecule has 0 unspecified atom stereocenters. The molecule has 1 fully saturated rings. The van der Waals surface area contributed by atoms with Crippen LogP contribution in [0.1, 0.15) is 18.4 Å². The van der Waals surface area contributed by atoms with Crippen LogP contribution in [0.25, 0.3) is 10.7 Å². The van der Waals surface area contributed by atoms with Crippen LogP contribution in [-0.4, -0.2) is 23.1 Å². The van der Waals surface area contributed by atoms with Crippen LogP contribution >= 0.6 is 11.3 Å². The van der Waals surface area contributed by atoms with Crippen LogP contribution in [0.4, 0.5) is 0 Å². The highest BCUT2D eigenvalue weighted by molar-refractivity contribution is 7.13. The molecule has 18 heavy (non-hydrogen) atoms. The first-order valence-corrected chi connectivity index (χ1v) is 7.35. The molecule has 94 valence electrons. The van der Waals surface area contributed by atoms with Crippen LogP contribution in [0.5, 0.6) is 0 Å². The van der Waals surface area contributed by atoms with E-state index in [1.165, 1.54) is 24.9 Å². The number of thiazole rings is 1. The van der Waals surface area contributed by atoms with Crippen molar-refractivity contribution in [3.8, 4) is 10.7 Å². The summed E-state index contributed by atoms with van der Waals surface area (Å²) in [5.41, 5.74) is 2.38. The highest BCUT2D eigenvalue weighted by Gasteiger charge is 2.14. The fourth-order valence-electron chi connectivity index (χ4n) is 2.50. The molecule has 0 aliphatic carbocycles. The molecule has 0 aromatic carbocycles. The maximum atomic E-state index is 4.41. The molecule has 3 heterocycles. The van der Waals surface area contributed by atoms with Gasteiger partial charge in [0.2, 0.25) is 0 Å². The van der Waals surface area contributed by atoms with Crippen LogP contribution in [0.3, 0.4) is 0 Å². The van der Waals surface area contributed by atoms with E-state index in [4.69, 9.17) is 0 Å². The maximum absolute atomic E-state index is 4.41. The third-order valence-electron chi connectivity index (χ3n) is 3.40. The predicted molar refractivity (Wildman–Crippen MR) is 74.6 cm³/mol. The Hall–Kier alpha value is -1.26. The number of hydrogen-bond donors (Lipinski definition) is 1. The van der Waals surface area contributed by atoms with Crippen molar-refractivity contribution in [2.45, 2.75) is 19.3 Å². The largest absolute Gasteiger partial charge is 0.316 e. The van der Waals surface area contributed by atoms with Crippen LogP contribution in [-0.2, 0) is 6.42 Å². The molecule has 2 aromatic rings. The van der Waals surface area contributed by atoms with Gasteiger partial charge in [0.1, 0.15) is 5.01 Å². The SMILES string of the molecule is c1cc(C[C@@H]2CCCNC2)cc(-c2nccs2)n1. The van der Waals surface area contributed by atoms with Crippen LogP contribution < -0.4 is 5.32 Å². The van der Waals surface area contributed by atoms with Crippen LogP contribution in [0, 0.1) is 5.92 Å². The fraction of sp³-hybridized carbons (Fsp3) is 0.429. The van der Waals surface area contributed by atoms with E-state index in [-0.39, 0.29) is 0 Å². The zero-order valence-corrected chi connectivity index (χ0v) is 11.1. The number of aromatic nitrogens is 2. The summed E-state index contributed by atoms with van der Waals surface area (Å²) in [6.45, 7) is 2.33. The molecule has 1 aliphatic rings. The van der Waals surface area contributed by atoms with E-state index in [0.717, 1.165) is 29.6 Å². The van der Waals surface area contributed by atoms with Crippen LogP contribution in [0.2, 0.25) is 0 Å². The van der Waals surface area contributed by atoms with Crippen molar-refractivity contribution in [2.24, 2.45) is 5.92 Å². The second-order valence-corrected chi connectivity index (χ2v) is 5.70. The first-order valence-electron chi connectivity index (χ1n) is 6.47. The predicted octanol–water partition coefficient (Wildman–Crippen LogP) is 2.75. The third kappa shape index (κ3) is 2.76. The monoisotopic (exact) mass is 259 g/mol. The van der Waals surface area contributed by atoms with E-state index in [9.17, 15) is 0 Å². The highest BCUT2D eigenvalue weighted by atomic mass is 32.1. The summed E-state index contributed by atoms with van der Waals surface area (Å²) >= 11 is 1.64. The molecule has 1 atom stereocenters. The lowest BCUT2D eigenvalue weighted by atomic mass is 9.92. The van der Waals surface area contributed by atoms with Gasteiger partial charge in [-0.2, -0.15) is 0 Å². The highest BCUT2D eigenvalue weighted by Crippen LogP contribution is 2.22. The number of pyridine rings is 1. The molecule has 0 spiro atoms. The van der Waals surface area contributed by atoms with Gasteiger partial charge in [0.15, 0.2) is 0 Å². The van der Waals surface area contributed by atoms with Crippen molar-refractivity contribution in [3.05, 3.63) is 35.5 Å².